The number of aromatic nitrogens is 2. The van der Waals surface area contributed by atoms with E-state index in [1.54, 1.807) is 0 Å². The van der Waals surface area contributed by atoms with Crippen LogP contribution in [0.3, 0.4) is 0 Å². The Labute approximate surface area is 125 Å². The van der Waals surface area contributed by atoms with E-state index in [4.69, 9.17) is 0 Å². The first-order valence-electron chi connectivity index (χ1n) is 7.26. The van der Waals surface area contributed by atoms with Crippen molar-refractivity contribution in [3.63, 3.8) is 0 Å². The highest BCUT2D eigenvalue weighted by Crippen LogP contribution is 2.26. The first-order valence-corrected chi connectivity index (χ1v) is 7.26. The standard InChI is InChI=1S/C16H21FN4/c1-4-10-18-16-19-11-14(17)15(20-16)21(5-2)13-8-6-12(3)7-9-13/h6-9,11H,4-5,10H2,1-3H3,(H,18,19,20). The summed E-state index contributed by atoms with van der Waals surface area (Å²) >= 11 is 0. The Morgan fingerprint density at radius 3 is 2.52 bits per heavy atom. The SMILES string of the molecule is CCCNc1ncc(F)c(N(CC)c2ccc(C)cc2)n1. The van der Waals surface area contributed by atoms with Gasteiger partial charge in [0.05, 0.1) is 6.20 Å². The maximum atomic E-state index is 14.1. The lowest BCUT2D eigenvalue weighted by Gasteiger charge is -2.23. The minimum absolute atomic E-state index is 0.301. The Morgan fingerprint density at radius 2 is 1.90 bits per heavy atom. The summed E-state index contributed by atoms with van der Waals surface area (Å²) in [6, 6.07) is 7.96. The Hall–Kier alpha value is -2.17. The molecule has 112 valence electrons. The molecule has 4 nitrogen and oxygen atoms in total. The molecule has 0 saturated carbocycles. The fraction of sp³-hybridized carbons (Fsp3) is 0.375. The molecule has 0 saturated heterocycles. The van der Waals surface area contributed by atoms with Gasteiger partial charge < -0.3 is 10.2 Å². The van der Waals surface area contributed by atoms with Crippen LogP contribution < -0.4 is 10.2 Å². The topological polar surface area (TPSA) is 41.1 Å². The summed E-state index contributed by atoms with van der Waals surface area (Å²) in [7, 11) is 0. The van der Waals surface area contributed by atoms with Gasteiger partial charge in [0.15, 0.2) is 11.6 Å². The van der Waals surface area contributed by atoms with Crippen molar-refractivity contribution in [2.75, 3.05) is 23.3 Å². The van der Waals surface area contributed by atoms with Crippen molar-refractivity contribution >= 4 is 17.5 Å². The van der Waals surface area contributed by atoms with Crippen molar-refractivity contribution in [3.05, 3.63) is 41.8 Å². The van der Waals surface area contributed by atoms with E-state index in [2.05, 4.69) is 22.2 Å². The predicted octanol–water partition coefficient (Wildman–Crippen LogP) is 3.90. The molecule has 2 aromatic rings. The molecule has 0 radical (unpaired) electrons. The van der Waals surface area contributed by atoms with Crippen molar-refractivity contribution in [2.24, 2.45) is 0 Å². The Balaban J connectivity index is 2.34. The number of hydrogen-bond acceptors (Lipinski definition) is 4. The molecule has 5 heteroatoms. The van der Waals surface area contributed by atoms with Gasteiger partial charge in [-0.1, -0.05) is 24.6 Å². The number of halogens is 1. The van der Waals surface area contributed by atoms with Crippen molar-refractivity contribution in [1.29, 1.82) is 0 Å². The molecule has 1 aromatic carbocycles. The Bertz CT molecular complexity index is 583. The molecule has 0 atom stereocenters. The Morgan fingerprint density at radius 1 is 1.19 bits per heavy atom. The quantitative estimate of drug-likeness (QED) is 0.875. The van der Waals surface area contributed by atoms with Crippen LogP contribution in [0.4, 0.5) is 21.8 Å². The maximum absolute atomic E-state index is 14.1. The smallest absolute Gasteiger partial charge is 0.224 e. The average Bonchev–Trinajstić information content (AvgIpc) is 2.50. The molecule has 0 bridgehead atoms. The lowest BCUT2D eigenvalue weighted by molar-refractivity contribution is 0.611. The molecule has 0 aliphatic heterocycles. The lowest BCUT2D eigenvalue weighted by Crippen LogP contribution is -2.20. The monoisotopic (exact) mass is 288 g/mol. The van der Waals surface area contributed by atoms with E-state index in [1.165, 1.54) is 11.8 Å². The van der Waals surface area contributed by atoms with Crippen molar-refractivity contribution in [3.8, 4) is 0 Å². The molecule has 1 aromatic heterocycles. The second-order valence-corrected chi connectivity index (χ2v) is 4.87. The molecular formula is C16H21FN4. The van der Waals surface area contributed by atoms with Gasteiger partial charge in [-0.25, -0.2) is 9.37 Å². The first kappa shape index (κ1) is 15.2. The van der Waals surface area contributed by atoms with Gasteiger partial charge in [-0.15, -0.1) is 0 Å². The van der Waals surface area contributed by atoms with E-state index >= 15 is 0 Å². The van der Waals surface area contributed by atoms with E-state index in [0.29, 0.717) is 18.3 Å². The van der Waals surface area contributed by atoms with Crippen LogP contribution >= 0.6 is 0 Å². The summed E-state index contributed by atoms with van der Waals surface area (Å²) < 4.78 is 14.1. The summed E-state index contributed by atoms with van der Waals surface area (Å²) in [4.78, 5) is 10.1. The first-order chi connectivity index (χ1) is 10.2. The van der Waals surface area contributed by atoms with Crippen LogP contribution in [0.5, 0.6) is 0 Å². The van der Waals surface area contributed by atoms with Crippen molar-refractivity contribution < 1.29 is 4.39 Å². The van der Waals surface area contributed by atoms with Crippen LogP contribution in [0, 0.1) is 12.7 Å². The number of benzene rings is 1. The normalized spacial score (nSPS) is 10.5. The van der Waals surface area contributed by atoms with Crippen LogP contribution in [0.2, 0.25) is 0 Å². The van der Waals surface area contributed by atoms with E-state index in [0.717, 1.165) is 18.7 Å². The zero-order valence-electron chi connectivity index (χ0n) is 12.7. The van der Waals surface area contributed by atoms with Gasteiger partial charge in [-0.05, 0) is 32.4 Å². The third-order valence-corrected chi connectivity index (χ3v) is 3.18. The molecule has 0 amide bonds. The number of nitrogens with zero attached hydrogens (tertiary/aromatic N) is 3. The minimum atomic E-state index is -0.417. The summed E-state index contributed by atoms with van der Waals surface area (Å²) in [5.74, 6) is 0.341. The van der Waals surface area contributed by atoms with Gasteiger partial charge in [0.2, 0.25) is 5.95 Å². The van der Waals surface area contributed by atoms with Gasteiger partial charge in [-0.3, -0.25) is 0 Å². The molecular weight excluding hydrogens is 267 g/mol. The Kier molecular flexibility index (Phi) is 5.09. The zero-order chi connectivity index (χ0) is 15.2. The number of hydrogen-bond donors (Lipinski definition) is 1. The fourth-order valence-corrected chi connectivity index (χ4v) is 2.05. The fourth-order valence-electron chi connectivity index (χ4n) is 2.05. The number of rotatable bonds is 6. The largest absolute Gasteiger partial charge is 0.354 e. The zero-order valence-corrected chi connectivity index (χ0v) is 12.7. The molecule has 0 fully saturated rings. The molecule has 0 aliphatic rings. The number of nitrogens with one attached hydrogen (secondary N) is 1. The third kappa shape index (κ3) is 3.68. The predicted molar refractivity (Wildman–Crippen MR) is 84.6 cm³/mol. The summed E-state index contributed by atoms with van der Waals surface area (Å²) in [6.07, 6.45) is 2.18. The highest BCUT2D eigenvalue weighted by Gasteiger charge is 2.15. The molecule has 1 heterocycles. The van der Waals surface area contributed by atoms with Crippen LogP contribution in [0.25, 0.3) is 0 Å². The molecule has 0 unspecified atom stereocenters. The number of aryl methyl sites for hydroxylation is 1. The highest BCUT2D eigenvalue weighted by molar-refractivity contribution is 5.61. The summed E-state index contributed by atoms with van der Waals surface area (Å²) in [5, 5.41) is 3.09. The maximum Gasteiger partial charge on any atom is 0.224 e. The van der Waals surface area contributed by atoms with Gasteiger partial charge in [0.1, 0.15) is 0 Å². The molecule has 0 aliphatic carbocycles. The van der Waals surface area contributed by atoms with Gasteiger partial charge in [0.25, 0.3) is 0 Å². The van der Waals surface area contributed by atoms with Crippen molar-refractivity contribution in [2.45, 2.75) is 27.2 Å². The third-order valence-electron chi connectivity index (χ3n) is 3.18. The summed E-state index contributed by atoms with van der Waals surface area (Å²) in [5.41, 5.74) is 2.09. The van der Waals surface area contributed by atoms with Crippen LogP contribution in [-0.4, -0.2) is 23.1 Å². The molecule has 0 spiro atoms. The second-order valence-electron chi connectivity index (χ2n) is 4.87. The van der Waals surface area contributed by atoms with Gasteiger partial charge in [-0.2, -0.15) is 4.98 Å². The van der Waals surface area contributed by atoms with Gasteiger partial charge in [0, 0.05) is 18.8 Å². The summed E-state index contributed by atoms with van der Waals surface area (Å²) in [6.45, 7) is 7.45. The highest BCUT2D eigenvalue weighted by atomic mass is 19.1. The number of anilines is 3. The van der Waals surface area contributed by atoms with Crippen LogP contribution in [-0.2, 0) is 0 Å². The lowest BCUT2D eigenvalue weighted by atomic mass is 10.2. The minimum Gasteiger partial charge on any atom is -0.354 e. The van der Waals surface area contributed by atoms with E-state index in [1.807, 2.05) is 43.0 Å². The molecule has 2 rings (SSSR count). The van der Waals surface area contributed by atoms with E-state index in [9.17, 15) is 4.39 Å². The average molecular weight is 288 g/mol. The second kappa shape index (κ2) is 7.02. The molecule has 21 heavy (non-hydrogen) atoms. The van der Waals surface area contributed by atoms with Gasteiger partial charge >= 0.3 is 0 Å². The molecule has 1 N–H and O–H groups in total. The van der Waals surface area contributed by atoms with Crippen molar-refractivity contribution in [1.82, 2.24) is 9.97 Å². The van der Waals surface area contributed by atoms with E-state index < -0.39 is 5.82 Å². The van der Waals surface area contributed by atoms with Crippen LogP contribution in [0.15, 0.2) is 30.5 Å². The van der Waals surface area contributed by atoms with Crippen LogP contribution in [0.1, 0.15) is 25.8 Å². The van der Waals surface area contributed by atoms with E-state index in [-0.39, 0.29) is 0 Å².